The summed E-state index contributed by atoms with van der Waals surface area (Å²) in [6.45, 7) is 2.35. The summed E-state index contributed by atoms with van der Waals surface area (Å²) in [5, 5.41) is 17.9. The average Bonchev–Trinajstić information content (AvgIpc) is 2.83. The van der Waals surface area contributed by atoms with Crippen molar-refractivity contribution < 1.29 is 23.4 Å². The van der Waals surface area contributed by atoms with E-state index < -0.39 is 16.0 Å². The number of aliphatic hydroxyl groups is 1. The third-order valence-corrected chi connectivity index (χ3v) is 5.45. The number of aryl methyl sites for hydroxylation is 1. The molecule has 0 amide bonds. The minimum Gasteiger partial charge on any atom is -0.477 e. The highest BCUT2D eigenvalue weighted by atomic mass is 32.2. The zero-order valence-electron chi connectivity index (χ0n) is 11.8. The van der Waals surface area contributed by atoms with Crippen LogP contribution in [0.3, 0.4) is 0 Å². The van der Waals surface area contributed by atoms with E-state index in [-0.39, 0.29) is 17.2 Å². The van der Waals surface area contributed by atoms with Crippen LogP contribution in [0.2, 0.25) is 0 Å². The maximum Gasteiger partial charge on any atom is 0.352 e. The van der Waals surface area contributed by atoms with Crippen molar-refractivity contribution in [3.8, 4) is 0 Å². The maximum absolute atomic E-state index is 12.5. The number of nitrogens with zero attached hydrogens (tertiary/aromatic N) is 3. The fraction of sp³-hybridized carbons (Fsp3) is 0.583. The van der Waals surface area contributed by atoms with Crippen LogP contribution in [0.4, 0.5) is 0 Å². The Labute approximate surface area is 123 Å². The molecule has 0 bridgehead atoms. The van der Waals surface area contributed by atoms with Gasteiger partial charge in [-0.05, 0) is 6.07 Å². The quantitative estimate of drug-likeness (QED) is 0.724. The van der Waals surface area contributed by atoms with Gasteiger partial charge in [0, 0.05) is 46.0 Å². The smallest absolute Gasteiger partial charge is 0.352 e. The summed E-state index contributed by atoms with van der Waals surface area (Å²) < 4.78 is 27.6. The zero-order chi connectivity index (χ0) is 15.6. The minimum atomic E-state index is -3.68. The Balaban J connectivity index is 2.16. The lowest BCUT2D eigenvalue weighted by Gasteiger charge is -2.33. The predicted octanol–water partition coefficient (Wildman–Crippen LogP) is -0.978. The number of sulfonamides is 1. The van der Waals surface area contributed by atoms with E-state index in [0.717, 1.165) is 0 Å². The van der Waals surface area contributed by atoms with Crippen molar-refractivity contribution in [2.24, 2.45) is 7.05 Å². The van der Waals surface area contributed by atoms with E-state index in [1.165, 1.54) is 28.2 Å². The largest absolute Gasteiger partial charge is 0.477 e. The summed E-state index contributed by atoms with van der Waals surface area (Å²) >= 11 is 0. The first-order valence-corrected chi connectivity index (χ1v) is 8.03. The second kappa shape index (κ2) is 6.14. The molecule has 9 heteroatoms. The molecule has 1 aliphatic rings. The number of β-amino-alcohol motifs (C(OH)–C–C–N with tert-alkyl or cyclic N) is 1. The number of hydrogen-bond donors (Lipinski definition) is 2. The first-order valence-electron chi connectivity index (χ1n) is 6.59. The lowest BCUT2D eigenvalue weighted by Crippen LogP contribution is -2.49. The van der Waals surface area contributed by atoms with Crippen molar-refractivity contribution in [3.63, 3.8) is 0 Å². The molecule has 1 aliphatic heterocycles. The summed E-state index contributed by atoms with van der Waals surface area (Å²) in [5.41, 5.74) is -0.0625. The summed E-state index contributed by atoms with van der Waals surface area (Å²) in [6.07, 6.45) is 1.32. The van der Waals surface area contributed by atoms with Crippen molar-refractivity contribution in [2.45, 2.75) is 4.90 Å². The van der Waals surface area contributed by atoms with E-state index in [9.17, 15) is 13.2 Å². The summed E-state index contributed by atoms with van der Waals surface area (Å²) in [6, 6.07) is 1.18. The zero-order valence-corrected chi connectivity index (χ0v) is 12.6. The molecule has 1 aromatic rings. The highest BCUT2D eigenvalue weighted by Crippen LogP contribution is 2.20. The molecule has 8 nitrogen and oxygen atoms in total. The maximum atomic E-state index is 12.5. The molecule has 0 aliphatic carbocycles. The molecule has 0 aromatic carbocycles. The molecule has 0 saturated carbocycles. The molecule has 1 fully saturated rings. The van der Waals surface area contributed by atoms with Crippen LogP contribution in [-0.2, 0) is 17.1 Å². The van der Waals surface area contributed by atoms with Gasteiger partial charge >= 0.3 is 5.97 Å². The first kappa shape index (κ1) is 16.0. The standard InChI is InChI=1S/C12H19N3O5S/c1-13-9-10(8-11(13)12(17)18)21(19,20)15-4-2-14(3-5-15)6-7-16/h8-9,16H,2-7H2,1H3,(H,17,18). The van der Waals surface area contributed by atoms with Crippen LogP contribution < -0.4 is 0 Å². The number of aromatic nitrogens is 1. The lowest BCUT2D eigenvalue weighted by molar-refractivity contribution is 0.0686. The Kier molecular flexibility index (Phi) is 4.67. The fourth-order valence-corrected chi connectivity index (χ4v) is 3.87. The van der Waals surface area contributed by atoms with Crippen LogP contribution >= 0.6 is 0 Å². The molecule has 1 aromatic heterocycles. The van der Waals surface area contributed by atoms with Crippen molar-refractivity contribution in [3.05, 3.63) is 18.0 Å². The normalized spacial score (nSPS) is 18.0. The van der Waals surface area contributed by atoms with Crippen molar-refractivity contribution >= 4 is 16.0 Å². The molecule has 2 N–H and O–H groups in total. The van der Waals surface area contributed by atoms with Gasteiger partial charge in [0.15, 0.2) is 0 Å². The van der Waals surface area contributed by atoms with Gasteiger partial charge in [-0.25, -0.2) is 13.2 Å². The summed E-state index contributed by atoms with van der Waals surface area (Å²) in [5.74, 6) is -1.16. The van der Waals surface area contributed by atoms with Gasteiger partial charge in [0.2, 0.25) is 10.0 Å². The number of carboxylic acid groups (broad SMARTS) is 1. The molecule has 2 rings (SSSR count). The molecular weight excluding hydrogens is 298 g/mol. The second-order valence-corrected chi connectivity index (χ2v) is 6.88. The van der Waals surface area contributed by atoms with Crippen LogP contribution in [0.15, 0.2) is 17.2 Å². The minimum absolute atomic E-state index is 0.00184. The Bertz CT molecular complexity index is 617. The van der Waals surface area contributed by atoms with Crippen molar-refractivity contribution in [1.82, 2.24) is 13.8 Å². The van der Waals surface area contributed by atoms with E-state index in [1.54, 1.807) is 0 Å². The van der Waals surface area contributed by atoms with Crippen molar-refractivity contribution in [1.29, 1.82) is 0 Å². The predicted molar refractivity (Wildman–Crippen MR) is 74.7 cm³/mol. The van der Waals surface area contributed by atoms with E-state index in [0.29, 0.717) is 32.7 Å². The molecule has 0 spiro atoms. The van der Waals surface area contributed by atoms with Crippen LogP contribution in [0.5, 0.6) is 0 Å². The number of carboxylic acids is 1. The number of aromatic carboxylic acids is 1. The highest BCUT2D eigenvalue weighted by molar-refractivity contribution is 7.89. The molecule has 118 valence electrons. The summed E-state index contributed by atoms with van der Waals surface area (Å²) in [4.78, 5) is 13.0. The highest BCUT2D eigenvalue weighted by Gasteiger charge is 2.30. The number of rotatable bonds is 5. The average molecular weight is 317 g/mol. The molecule has 2 heterocycles. The Morgan fingerprint density at radius 1 is 1.29 bits per heavy atom. The number of carbonyl (C=O) groups is 1. The Morgan fingerprint density at radius 2 is 1.90 bits per heavy atom. The van der Waals surface area contributed by atoms with E-state index >= 15 is 0 Å². The third kappa shape index (κ3) is 3.26. The van der Waals surface area contributed by atoms with E-state index in [4.69, 9.17) is 10.2 Å². The number of aliphatic hydroxyl groups excluding tert-OH is 1. The fourth-order valence-electron chi connectivity index (χ4n) is 2.37. The van der Waals surface area contributed by atoms with E-state index in [2.05, 4.69) is 0 Å². The van der Waals surface area contributed by atoms with Gasteiger partial charge < -0.3 is 14.8 Å². The molecular formula is C12H19N3O5S. The van der Waals surface area contributed by atoms with Gasteiger partial charge in [0.1, 0.15) is 10.6 Å². The van der Waals surface area contributed by atoms with Crippen molar-refractivity contribution in [2.75, 3.05) is 39.3 Å². The van der Waals surface area contributed by atoms with Crippen LogP contribution in [-0.4, -0.2) is 77.7 Å². The van der Waals surface area contributed by atoms with Crippen LogP contribution in [0.1, 0.15) is 10.5 Å². The molecule has 0 unspecified atom stereocenters. The van der Waals surface area contributed by atoms with Gasteiger partial charge in [0.05, 0.1) is 6.61 Å². The Hall–Kier alpha value is -1.42. The molecule has 21 heavy (non-hydrogen) atoms. The molecule has 0 atom stereocenters. The van der Waals surface area contributed by atoms with Crippen LogP contribution in [0.25, 0.3) is 0 Å². The van der Waals surface area contributed by atoms with Gasteiger partial charge in [-0.1, -0.05) is 0 Å². The van der Waals surface area contributed by atoms with E-state index in [1.807, 2.05) is 4.90 Å². The first-order chi connectivity index (χ1) is 9.86. The SMILES string of the molecule is Cn1cc(S(=O)(=O)N2CCN(CCO)CC2)cc1C(=O)O. The molecule has 0 radical (unpaired) electrons. The summed E-state index contributed by atoms with van der Waals surface area (Å²) in [7, 11) is -2.17. The van der Waals surface area contributed by atoms with Crippen LogP contribution in [0, 0.1) is 0 Å². The second-order valence-electron chi connectivity index (χ2n) is 4.95. The topological polar surface area (TPSA) is 103 Å². The number of piperazine rings is 1. The Morgan fingerprint density at radius 3 is 2.38 bits per heavy atom. The van der Waals surface area contributed by atoms with Gasteiger partial charge in [-0.3, -0.25) is 4.90 Å². The van der Waals surface area contributed by atoms with Gasteiger partial charge in [0.25, 0.3) is 0 Å². The lowest BCUT2D eigenvalue weighted by atomic mass is 10.4. The number of hydrogen-bond acceptors (Lipinski definition) is 5. The monoisotopic (exact) mass is 317 g/mol. The third-order valence-electron chi connectivity index (χ3n) is 3.58. The molecule has 1 saturated heterocycles. The van der Waals surface area contributed by atoms with Gasteiger partial charge in [-0.15, -0.1) is 0 Å². The van der Waals surface area contributed by atoms with Gasteiger partial charge in [-0.2, -0.15) is 4.31 Å².